The molecule has 23 heavy (non-hydrogen) atoms. The minimum atomic E-state index is -0.348. The zero-order chi connectivity index (χ0) is 16.4. The summed E-state index contributed by atoms with van der Waals surface area (Å²) in [6, 6.07) is 12.2. The normalized spacial score (nSPS) is 10.9. The van der Waals surface area contributed by atoms with E-state index in [1.807, 2.05) is 24.3 Å². The Bertz CT molecular complexity index is 835. The van der Waals surface area contributed by atoms with E-state index in [0.717, 1.165) is 10.0 Å². The minimum Gasteiger partial charge on any atom is -0.335 e. The summed E-state index contributed by atoms with van der Waals surface area (Å²) in [7, 11) is 0. The van der Waals surface area contributed by atoms with Gasteiger partial charge in [0.05, 0.1) is 0 Å². The monoisotopic (exact) mass is 412 g/mol. The van der Waals surface area contributed by atoms with Gasteiger partial charge in [-0.1, -0.05) is 57.5 Å². The molecule has 4 nitrogen and oxygen atoms in total. The van der Waals surface area contributed by atoms with Crippen molar-refractivity contribution < 1.29 is 4.39 Å². The molecule has 0 aliphatic heterocycles. The van der Waals surface area contributed by atoms with Gasteiger partial charge in [0.15, 0.2) is 5.82 Å². The Morgan fingerprint density at radius 1 is 1.17 bits per heavy atom. The summed E-state index contributed by atoms with van der Waals surface area (Å²) < 4.78 is 16.1. The van der Waals surface area contributed by atoms with Crippen molar-refractivity contribution in [2.24, 2.45) is 0 Å². The van der Waals surface area contributed by atoms with Crippen LogP contribution in [0, 0.1) is 5.82 Å². The van der Waals surface area contributed by atoms with Crippen LogP contribution in [0.25, 0.3) is 11.4 Å². The van der Waals surface area contributed by atoms with Gasteiger partial charge in [0.25, 0.3) is 0 Å². The molecule has 0 aliphatic rings. The molecule has 0 aliphatic carbocycles. The van der Waals surface area contributed by atoms with Gasteiger partial charge in [0.2, 0.25) is 5.16 Å². The Morgan fingerprint density at radius 2 is 1.96 bits per heavy atom. The van der Waals surface area contributed by atoms with Crippen LogP contribution in [0.2, 0.25) is 5.02 Å². The van der Waals surface area contributed by atoms with E-state index in [0.29, 0.717) is 27.3 Å². The minimum absolute atomic E-state index is 0.316. The lowest BCUT2D eigenvalue weighted by Gasteiger charge is -2.06. The van der Waals surface area contributed by atoms with Gasteiger partial charge in [-0.15, -0.1) is 10.2 Å². The molecule has 0 saturated carbocycles. The smallest absolute Gasteiger partial charge is 0.210 e. The number of nitrogen functional groups attached to an aromatic ring is 1. The molecule has 1 heterocycles. The summed E-state index contributed by atoms with van der Waals surface area (Å²) in [5, 5.41) is 9.05. The Morgan fingerprint density at radius 3 is 2.70 bits per heavy atom. The van der Waals surface area contributed by atoms with Crippen molar-refractivity contribution in [2.75, 3.05) is 5.84 Å². The van der Waals surface area contributed by atoms with Gasteiger partial charge in [-0.05, 0) is 24.3 Å². The van der Waals surface area contributed by atoms with Crippen LogP contribution in [0.15, 0.2) is 52.1 Å². The van der Waals surface area contributed by atoms with Gasteiger partial charge in [-0.2, -0.15) is 0 Å². The number of nitrogens with two attached hydrogens (primary N) is 1. The SMILES string of the molecule is Nn1c(SCc2c(F)cccc2Cl)nnc1-c1ccccc1Br. The number of halogens is 3. The fourth-order valence-electron chi connectivity index (χ4n) is 2.01. The molecule has 2 N–H and O–H groups in total. The standard InChI is InChI=1S/C15H11BrClFN4S/c16-11-5-2-1-4-9(11)14-20-21-15(22(14)19)23-8-10-12(17)6-3-7-13(10)18/h1-7H,8,19H2. The van der Waals surface area contributed by atoms with E-state index in [2.05, 4.69) is 26.1 Å². The van der Waals surface area contributed by atoms with E-state index in [9.17, 15) is 4.39 Å². The lowest BCUT2D eigenvalue weighted by molar-refractivity contribution is 0.617. The number of hydrogen-bond donors (Lipinski definition) is 1. The second-order valence-electron chi connectivity index (χ2n) is 4.64. The molecule has 2 aromatic carbocycles. The number of thioether (sulfide) groups is 1. The maximum atomic E-state index is 13.8. The first kappa shape index (κ1) is 16.3. The molecule has 0 atom stereocenters. The van der Waals surface area contributed by atoms with Crippen LogP contribution in [0.5, 0.6) is 0 Å². The van der Waals surface area contributed by atoms with Crippen LogP contribution < -0.4 is 5.84 Å². The number of aromatic nitrogens is 3. The average molecular weight is 414 g/mol. The predicted octanol–water partition coefficient (Wildman–Crippen LogP) is 4.51. The lowest BCUT2D eigenvalue weighted by Crippen LogP contribution is -2.11. The van der Waals surface area contributed by atoms with E-state index in [-0.39, 0.29) is 5.82 Å². The Kier molecular flexibility index (Phi) is 4.89. The highest BCUT2D eigenvalue weighted by molar-refractivity contribution is 9.10. The Hall–Kier alpha value is -1.57. The second kappa shape index (κ2) is 6.90. The zero-order valence-electron chi connectivity index (χ0n) is 11.7. The van der Waals surface area contributed by atoms with Gasteiger partial charge < -0.3 is 5.84 Å². The molecule has 0 bridgehead atoms. The van der Waals surface area contributed by atoms with Crippen LogP contribution in [0.3, 0.4) is 0 Å². The molecule has 0 radical (unpaired) electrons. The molecule has 3 aromatic rings. The molecule has 8 heteroatoms. The average Bonchev–Trinajstić information content (AvgIpc) is 2.88. The third-order valence-electron chi connectivity index (χ3n) is 3.19. The van der Waals surface area contributed by atoms with Crippen molar-refractivity contribution in [1.29, 1.82) is 0 Å². The maximum Gasteiger partial charge on any atom is 0.210 e. The van der Waals surface area contributed by atoms with E-state index in [4.69, 9.17) is 17.4 Å². The summed E-state index contributed by atoms with van der Waals surface area (Å²) in [6.07, 6.45) is 0. The van der Waals surface area contributed by atoms with Gasteiger partial charge in [-0.3, -0.25) is 0 Å². The van der Waals surface area contributed by atoms with Crippen molar-refractivity contribution in [3.05, 3.63) is 63.3 Å². The van der Waals surface area contributed by atoms with Crippen LogP contribution >= 0.6 is 39.3 Å². The summed E-state index contributed by atoms with van der Waals surface area (Å²) in [5.74, 6) is 6.56. The Balaban J connectivity index is 1.85. The molecule has 0 unspecified atom stereocenters. The van der Waals surface area contributed by atoms with Crippen molar-refractivity contribution in [3.63, 3.8) is 0 Å². The number of hydrogen-bond acceptors (Lipinski definition) is 4. The van der Waals surface area contributed by atoms with Crippen molar-refractivity contribution in [3.8, 4) is 11.4 Å². The second-order valence-corrected chi connectivity index (χ2v) is 6.85. The van der Waals surface area contributed by atoms with Crippen LogP contribution in [-0.4, -0.2) is 14.9 Å². The van der Waals surface area contributed by atoms with Crippen LogP contribution in [0.4, 0.5) is 4.39 Å². The summed E-state index contributed by atoms with van der Waals surface area (Å²) in [4.78, 5) is 0. The zero-order valence-corrected chi connectivity index (χ0v) is 14.9. The van der Waals surface area contributed by atoms with Gasteiger partial charge in [-0.25, -0.2) is 9.07 Å². The van der Waals surface area contributed by atoms with E-state index in [1.165, 1.54) is 22.5 Å². The quantitative estimate of drug-likeness (QED) is 0.505. The predicted molar refractivity (Wildman–Crippen MR) is 94.3 cm³/mol. The number of benzene rings is 2. The molecular weight excluding hydrogens is 403 g/mol. The van der Waals surface area contributed by atoms with Gasteiger partial charge in [0, 0.05) is 26.4 Å². The third kappa shape index (κ3) is 3.36. The summed E-state index contributed by atoms with van der Waals surface area (Å²) in [6.45, 7) is 0. The van der Waals surface area contributed by atoms with Crippen molar-refractivity contribution >= 4 is 39.3 Å². The number of rotatable bonds is 4. The fraction of sp³-hybridized carbons (Fsp3) is 0.0667. The fourth-order valence-corrected chi connectivity index (χ4v) is 3.67. The molecule has 118 valence electrons. The first-order valence-corrected chi connectivity index (χ1v) is 8.74. The highest BCUT2D eigenvalue weighted by Crippen LogP contribution is 2.30. The molecule has 0 fully saturated rings. The third-order valence-corrected chi connectivity index (χ3v) is 5.20. The first-order valence-electron chi connectivity index (χ1n) is 6.59. The summed E-state index contributed by atoms with van der Waals surface area (Å²) >= 11 is 10.8. The van der Waals surface area contributed by atoms with Gasteiger partial charge in [0.1, 0.15) is 5.82 Å². The Labute approximate surface area is 150 Å². The maximum absolute atomic E-state index is 13.8. The van der Waals surface area contributed by atoms with E-state index >= 15 is 0 Å². The highest BCUT2D eigenvalue weighted by Gasteiger charge is 2.15. The molecule has 0 spiro atoms. The molecule has 3 rings (SSSR count). The van der Waals surface area contributed by atoms with Crippen molar-refractivity contribution in [2.45, 2.75) is 10.9 Å². The molecule has 1 aromatic heterocycles. The molecular formula is C15H11BrClFN4S. The highest BCUT2D eigenvalue weighted by atomic mass is 79.9. The molecule has 0 amide bonds. The van der Waals surface area contributed by atoms with Crippen LogP contribution in [0.1, 0.15) is 5.56 Å². The van der Waals surface area contributed by atoms with E-state index in [1.54, 1.807) is 12.1 Å². The van der Waals surface area contributed by atoms with Crippen LogP contribution in [-0.2, 0) is 5.75 Å². The van der Waals surface area contributed by atoms with Gasteiger partial charge >= 0.3 is 0 Å². The summed E-state index contributed by atoms with van der Waals surface area (Å²) in [5.41, 5.74) is 1.25. The molecule has 0 saturated heterocycles. The first-order chi connectivity index (χ1) is 11.1. The lowest BCUT2D eigenvalue weighted by atomic mass is 10.2. The van der Waals surface area contributed by atoms with E-state index < -0.39 is 0 Å². The van der Waals surface area contributed by atoms with Crippen molar-refractivity contribution in [1.82, 2.24) is 14.9 Å². The number of nitrogens with zero attached hydrogens (tertiary/aromatic N) is 3. The largest absolute Gasteiger partial charge is 0.335 e. The topological polar surface area (TPSA) is 56.7 Å².